The lowest BCUT2D eigenvalue weighted by atomic mass is 9.98. The van der Waals surface area contributed by atoms with Crippen LogP contribution in [0, 0.1) is 11.2 Å². The molecule has 0 atom stereocenters. The molecular weight excluding hydrogens is 519 g/mol. The van der Waals surface area contributed by atoms with Gasteiger partial charge in [0, 0.05) is 19.7 Å². The molecule has 3 N–H and O–H groups in total. The lowest BCUT2D eigenvalue weighted by Crippen LogP contribution is -2.40. The van der Waals surface area contributed by atoms with Crippen molar-refractivity contribution in [2.45, 2.75) is 58.0 Å². The fraction of sp³-hybridized carbons (Fsp3) is 0.312. The van der Waals surface area contributed by atoms with Crippen molar-refractivity contribution >= 4 is 35.3 Å². The molecule has 3 aliphatic carbocycles. The normalized spacial score (nSPS) is 14.6. The van der Waals surface area contributed by atoms with Gasteiger partial charge in [-0.15, -0.1) is 0 Å². The van der Waals surface area contributed by atoms with Crippen LogP contribution in [0.1, 0.15) is 51.9 Å². The van der Waals surface area contributed by atoms with Crippen LogP contribution in [0.2, 0.25) is 0 Å². The van der Waals surface area contributed by atoms with Gasteiger partial charge in [-0.25, -0.2) is 14.4 Å². The Hall–Kier alpha value is -4.37. The molecule has 4 aliphatic rings. The van der Waals surface area contributed by atoms with Gasteiger partial charge < -0.3 is 19.9 Å². The quantitative estimate of drug-likeness (QED) is 0.322. The minimum atomic E-state index is -0.298. The summed E-state index contributed by atoms with van der Waals surface area (Å²) in [4.78, 5) is 20.2. The van der Waals surface area contributed by atoms with Crippen LogP contribution in [0.3, 0.4) is 0 Å². The van der Waals surface area contributed by atoms with Gasteiger partial charge in [0.05, 0.1) is 51.1 Å². The number of amides is 1. The summed E-state index contributed by atoms with van der Waals surface area (Å²) in [7, 11) is 1.82. The first-order valence-electron chi connectivity index (χ1n) is 14.0. The maximum absolute atomic E-state index is 13.6. The van der Waals surface area contributed by atoms with E-state index in [0.717, 1.165) is 34.9 Å². The number of ether oxygens (including phenoxy) is 1. The van der Waals surface area contributed by atoms with E-state index in [9.17, 15) is 9.18 Å². The number of hydrogen-bond acceptors (Lipinski definition) is 6. The molecule has 1 amide bonds. The van der Waals surface area contributed by atoms with Gasteiger partial charge >= 0.3 is 0 Å². The van der Waals surface area contributed by atoms with Crippen molar-refractivity contribution in [1.29, 1.82) is 5.41 Å². The van der Waals surface area contributed by atoms with Gasteiger partial charge in [-0.05, 0) is 74.2 Å². The number of pyridine rings is 1. The Kier molecular flexibility index (Phi) is 8.84. The molecule has 1 aromatic heterocycles. The van der Waals surface area contributed by atoms with E-state index in [1.165, 1.54) is 51.2 Å². The third kappa shape index (κ3) is 6.86. The molecule has 1 aliphatic heterocycles. The molecule has 6 rings (SSSR count). The summed E-state index contributed by atoms with van der Waals surface area (Å²) in [6, 6.07) is 13.4. The highest BCUT2D eigenvalue weighted by molar-refractivity contribution is 5.87. The lowest BCUT2D eigenvalue weighted by Gasteiger charge is -2.20. The SMILES string of the molecule is CC(=O)Nc1ccc(Nc2cc3nc4c(n(-c5ccc(F)cc5)c-3cc2=N)=CCCC=4)cn1.COC1CCCCC1. The largest absolute Gasteiger partial charge is 0.381 e. The van der Waals surface area contributed by atoms with E-state index in [2.05, 4.69) is 27.8 Å². The number of carbonyl (C=O) groups is 1. The van der Waals surface area contributed by atoms with E-state index < -0.39 is 0 Å². The third-order valence-corrected chi connectivity index (χ3v) is 7.26. The number of hydrogen-bond donors (Lipinski definition) is 3. The Labute approximate surface area is 238 Å². The summed E-state index contributed by atoms with van der Waals surface area (Å²) in [5.41, 5.74) is 3.55. The predicted molar refractivity (Wildman–Crippen MR) is 159 cm³/mol. The number of rotatable bonds is 5. The van der Waals surface area contributed by atoms with Gasteiger partial charge in [0.15, 0.2) is 0 Å². The van der Waals surface area contributed by atoms with Crippen LogP contribution in [0.15, 0.2) is 54.7 Å². The molecule has 1 fully saturated rings. The van der Waals surface area contributed by atoms with E-state index in [1.807, 2.05) is 17.7 Å². The summed E-state index contributed by atoms with van der Waals surface area (Å²) in [5.74, 6) is -0.0323. The van der Waals surface area contributed by atoms with Crippen LogP contribution in [-0.4, -0.2) is 33.7 Å². The number of anilines is 3. The molecule has 2 aromatic rings. The highest BCUT2D eigenvalue weighted by Crippen LogP contribution is 2.24. The highest BCUT2D eigenvalue weighted by atomic mass is 19.1. The third-order valence-electron chi connectivity index (χ3n) is 7.26. The summed E-state index contributed by atoms with van der Waals surface area (Å²) in [6.45, 7) is 1.43. The molecule has 1 aromatic carbocycles. The monoisotopic (exact) mass is 554 g/mol. The fourth-order valence-electron chi connectivity index (χ4n) is 5.21. The Bertz CT molecular complexity index is 1660. The molecule has 0 bridgehead atoms. The van der Waals surface area contributed by atoms with Gasteiger partial charge in [0.2, 0.25) is 5.91 Å². The van der Waals surface area contributed by atoms with Crippen LogP contribution in [0.25, 0.3) is 29.2 Å². The number of carbonyl (C=O) groups excluding carboxylic acids is 1. The Morgan fingerprint density at radius 2 is 1.80 bits per heavy atom. The van der Waals surface area contributed by atoms with Crippen molar-refractivity contribution in [3.05, 3.63) is 76.6 Å². The van der Waals surface area contributed by atoms with Crippen LogP contribution >= 0.6 is 0 Å². The molecule has 0 radical (unpaired) electrons. The first-order chi connectivity index (χ1) is 19.9. The van der Waals surface area contributed by atoms with Crippen molar-refractivity contribution in [2.75, 3.05) is 17.7 Å². The Morgan fingerprint density at radius 1 is 1.05 bits per heavy atom. The van der Waals surface area contributed by atoms with Crippen molar-refractivity contribution in [1.82, 2.24) is 14.5 Å². The minimum absolute atomic E-state index is 0.191. The van der Waals surface area contributed by atoms with Gasteiger partial charge in [-0.1, -0.05) is 31.4 Å². The van der Waals surface area contributed by atoms with Gasteiger partial charge in [-0.2, -0.15) is 0 Å². The second-order valence-corrected chi connectivity index (χ2v) is 10.3. The first kappa shape index (κ1) is 28.2. The number of fused-ring (bicyclic) bond motifs is 2. The van der Waals surface area contributed by atoms with Crippen molar-refractivity contribution in [3.63, 3.8) is 0 Å². The molecule has 0 spiro atoms. The van der Waals surface area contributed by atoms with Crippen molar-refractivity contribution in [2.24, 2.45) is 0 Å². The molecule has 1 saturated carbocycles. The Balaban J connectivity index is 0.000000365. The second-order valence-electron chi connectivity index (χ2n) is 10.3. The molecule has 0 unspecified atom stereocenters. The molecule has 0 saturated heterocycles. The van der Waals surface area contributed by atoms with Crippen LogP contribution in [0.5, 0.6) is 0 Å². The molecule has 212 valence electrons. The maximum atomic E-state index is 13.6. The first-order valence-corrected chi connectivity index (χ1v) is 14.0. The average Bonchev–Trinajstić information content (AvgIpc) is 2.98. The van der Waals surface area contributed by atoms with Gasteiger partial charge in [0.25, 0.3) is 0 Å². The zero-order valence-electron chi connectivity index (χ0n) is 23.4. The zero-order valence-corrected chi connectivity index (χ0v) is 23.4. The van der Waals surface area contributed by atoms with E-state index in [4.69, 9.17) is 15.1 Å². The summed E-state index contributed by atoms with van der Waals surface area (Å²) < 4.78 is 20.8. The smallest absolute Gasteiger partial charge is 0.222 e. The molecular formula is C32H35FN6O2. The second kappa shape index (κ2) is 12.9. The van der Waals surface area contributed by atoms with E-state index >= 15 is 0 Å². The van der Waals surface area contributed by atoms with E-state index in [1.54, 1.807) is 36.5 Å². The number of nitrogens with zero attached hydrogens (tertiary/aromatic N) is 3. The average molecular weight is 555 g/mol. The number of nitrogens with one attached hydrogen (secondary N) is 3. The number of benzene rings is 2. The van der Waals surface area contributed by atoms with Crippen molar-refractivity contribution < 1.29 is 13.9 Å². The molecule has 2 heterocycles. The van der Waals surface area contributed by atoms with Gasteiger partial charge in [0.1, 0.15) is 11.6 Å². The van der Waals surface area contributed by atoms with E-state index in [0.29, 0.717) is 29.0 Å². The number of aromatic nitrogens is 3. The van der Waals surface area contributed by atoms with E-state index in [-0.39, 0.29) is 17.1 Å². The summed E-state index contributed by atoms with van der Waals surface area (Å²) in [6.07, 6.45) is 15.0. The summed E-state index contributed by atoms with van der Waals surface area (Å²) in [5, 5.41) is 16.5. The standard InChI is InChI=1S/C25H21FN6O.C7H14O/c1-15(33)29-25-11-8-17(14-28-25)30-21-13-22-24(12-19(21)27)32(18-9-6-16(26)7-10-18)23-5-3-2-4-20(23)31-22;1-8-7-5-3-2-4-6-7/h4-14,27,30H,2-3H2,1H3,(H,28,29,33);7H,2-6H2,1H3. The maximum Gasteiger partial charge on any atom is 0.222 e. The lowest BCUT2D eigenvalue weighted by molar-refractivity contribution is -0.114. The van der Waals surface area contributed by atoms with Crippen LogP contribution in [-0.2, 0) is 9.53 Å². The Morgan fingerprint density at radius 3 is 2.46 bits per heavy atom. The topological polar surface area (TPSA) is 105 Å². The minimum Gasteiger partial charge on any atom is -0.381 e. The molecule has 41 heavy (non-hydrogen) atoms. The predicted octanol–water partition coefficient (Wildman–Crippen LogP) is 5.01. The van der Waals surface area contributed by atoms with Gasteiger partial charge in [-0.3, -0.25) is 10.2 Å². The molecule has 9 heteroatoms. The zero-order chi connectivity index (χ0) is 28.8. The molecule has 8 nitrogen and oxygen atoms in total. The number of halogens is 1. The van der Waals surface area contributed by atoms with Crippen molar-refractivity contribution in [3.8, 4) is 17.1 Å². The summed E-state index contributed by atoms with van der Waals surface area (Å²) >= 11 is 0. The fourth-order valence-corrected chi connectivity index (χ4v) is 5.21. The number of methoxy groups -OCH3 is 1. The van der Waals surface area contributed by atoms with Crippen LogP contribution < -0.4 is 26.7 Å². The van der Waals surface area contributed by atoms with Crippen LogP contribution in [0.4, 0.5) is 21.6 Å². The highest BCUT2D eigenvalue weighted by Gasteiger charge is 2.16.